The summed E-state index contributed by atoms with van der Waals surface area (Å²) < 4.78 is 15.4. The first-order valence-corrected chi connectivity index (χ1v) is 11.8. The summed E-state index contributed by atoms with van der Waals surface area (Å²) in [7, 11) is 1.24. The molecule has 2 N–H and O–H groups in total. The zero-order valence-corrected chi connectivity index (χ0v) is 20.9. The Kier molecular flexibility index (Phi) is 10.2. The summed E-state index contributed by atoms with van der Waals surface area (Å²) in [5, 5.41) is 5.47. The van der Waals surface area contributed by atoms with Gasteiger partial charge in [-0.3, -0.25) is 9.59 Å². The van der Waals surface area contributed by atoms with E-state index in [1.165, 1.54) is 19.2 Å². The van der Waals surface area contributed by atoms with Crippen LogP contribution in [0.15, 0.2) is 85.5 Å². The first kappa shape index (κ1) is 27.7. The second-order valence-electron chi connectivity index (χ2n) is 7.98. The van der Waals surface area contributed by atoms with Crippen molar-refractivity contribution >= 4 is 35.1 Å². The minimum Gasteiger partial charge on any atom is -0.494 e. The van der Waals surface area contributed by atoms with Gasteiger partial charge in [0.15, 0.2) is 0 Å². The third kappa shape index (κ3) is 8.06. The molecule has 0 radical (unpaired) electrons. The van der Waals surface area contributed by atoms with Crippen LogP contribution in [-0.2, 0) is 14.3 Å². The van der Waals surface area contributed by atoms with Crippen LogP contribution in [0.1, 0.15) is 43.9 Å². The molecule has 38 heavy (non-hydrogen) atoms. The molecule has 0 bridgehead atoms. The van der Waals surface area contributed by atoms with Crippen LogP contribution >= 0.6 is 0 Å². The molecule has 0 fully saturated rings. The minimum atomic E-state index is -0.635. The van der Waals surface area contributed by atoms with Crippen LogP contribution in [0.25, 0.3) is 0 Å². The lowest BCUT2D eigenvalue weighted by molar-refractivity contribution is -0.137. The van der Waals surface area contributed by atoms with E-state index in [2.05, 4.69) is 17.2 Å². The van der Waals surface area contributed by atoms with Crippen LogP contribution < -0.4 is 15.4 Å². The third-order valence-electron chi connectivity index (χ3n) is 5.30. The zero-order chi connectivity index (χ0) is 27.3. The van der Waals surface area contributed by atoms with E-state index < -0.39 is 17.8 Å². The molecule has 9 heteroatoms. The molecule has 0 aliphatic carbocycles. The zero-order valence-electron chi connectivity index (χ0n) is 20.9. The fraction of sp³-hybridized carbons (Fsp3) is 0.172. The van der Waals surface area contributed by atoms with Gasteiger partial charge in [0.1, 0.15) is 5.75 Å². The van der Waals surface area contributed by atoms with Gasteiger partial charge in [0.05, 0.1) is 31.6 Å². The lowest BCUT2D eigenvalue weighted by atomic mass is 10.1. The number of anilines is 2. The Balaban J connectivity index is 1.62. The van der Waals surface area contributed by atoms with Gasteiger partial charge >= 0.3 is 11.9 Å². The Bertz CT molecular complexity index is 1290. The van der Waals surface area contributed by atoms with Gasteiger partial charge < -0.3 is 24.8 Å². The summed E-state index contributed by atoms with van der Waals surface area (Å²) in [6, 6.07) is 19.7. The maximum Gasteiger partial charge on any atom is 0.339 e. The van der Waals surface area contributed by atoms with Crippen LogP contribution in [0.2, 0.25) is 0 Å². The van der Waals surface area contributed by atoms with Crippen LogP contribution in [0, 0.1) is 0 Å². The van der Waals surface area contributed by atoms with Gasteiger partial charge in [0.25, 0.3) is 11.8 Å². The molecule has 9 nitrogen and oxygen atoms in total. The summed E-state index contributed by atoms with van der Waals surface area (Å²) in [5.41, 5.74) is 1.52. The van der Waals surface area contributed by atoms with Crippen molar-refractivity contribution in [1.29, 1.82) is 0 Å². The van der Waals surface area contributed by atoms with E-state index >= 15 is 0 Å². The van der Waals surface area contributed by atoms with Gasteiger partial charge in [-0.2, -0.15) is 0 Å². The van der Waals surface area contributed by atoms with E-state index in [9.17, 15) is 19.2 Å². The molecule has 3 rings (SSSR count). The molecule has 0 spiro atoms. The first-order valence-electron chi connectivity index (χ1n) is 11.8. The summed E-state index contributed by atoms with van der Waals surface area (Å²) in [4.78, 5) is 48.7. The number of esters is 2. The van der Waals surface area contributed by atoms with E-state index in [1.54, 1.807) is 60.7 Å². The van der Waals surface area contributed by atoms with Crippen molar-refractivity contribution in [2.45, 2.75) is 12.8 Å². The molecule has 0 saturated carbocycles. The molecule has 0 aromatic heterocycles. The molecule has 3 aromatic rings. The summed E-state index contributed by atoms with van der Waals surface area (Å²) >= 11 is 0. The van der Waals surface area contributed by atoms with Crippen LogP contribution in [0.5, 0.6) is 5.75 Å². The average Bonchev–Trinajstić information content (AvgIpc) is 2.95. The topological polar surface area (TPSA) is 120 Å². The molecule has 0 saturated heterocycles. The molecule has 3 aromatic carbocycles. The van der Waals surface area contributed by atoms with Gasteiger partial charge in [-0.25, -0.2) is 9.59 Å². The summed E-state index contributed by atoms with van der Waals surface area (Å²) in [5.74, 6) is -1.31. The first-order chi connectivity index (χ1) is 18.4. The van der Waals surface area contributed by atoms with Crippen molar-refractivity contribution in [3.63, 3.8) is 0 Å². The summed E-state index contributed by atoms with van der Waals surface area (Å²) in [6.07, 6.45) is 2.44. The van der Waals surface area contributed by atoms with E-state index in [4.69, 9.17) is 14.2 Å². The molecule has 0 aliphatic rings. The Morgan fingerprint density at radius 2 is 1.47 bits per heavy atom. The highest BCUT2D eigenvalue weighted by Gasteiger charge is 2.17. The largest absolute Gasteiger partial charge is 0.494 e. The van der Waals surface area contributed by atoms with E-state index in [1.807, 2.05) is 0 Å². The lowest BCUT2D eigenvalue weighted by Crippen LogP contribution is -2.17. The molecular weight excluding hydrogens is 488 g/mol. The number of unbranched alkanes of at least 4 members (excludes halogenated alkanes) is 1. The quantitative estimate of drug-likeness (QED) is 0.200. The smallest absolute Gasteiger partial charge is 0.339 e. The number of amides is 2. The van der Waals surface area contributed by atoms with Gasteiger partial charge in [-0.1, -0.05) is 24.8 Å². The number of carbonyl (C=O) groups excluding carboxylic acids is 4. The Morgan fingerprint density at radius 1 is 0.816 bits per heavy atom. The Labute approximate surface area is 220 Å². The molecule has 0 unspecified atom stereocenters. The van der Waals surface area contributed by atoms with Gasteiger partial charge in [-0.15, -0.1) is 0 Å². The number of carbonyl (C=O) groups is 4. The van der Waals surface area contributed by atoms with Crippen molar-refractivity contribution in [2.24, 2.45) is 0 Å². The minimum absolute atomic E-state index is 0.136. The Morgan fingerprint density at radius 3 is 2.16 bits per heavy atom. The average molecular weight is 517 g/mol. The number of hydrogen-bond acceptors (Lipinski definition) is 7. The molecule has 0 heterocycles. The maximum atomic E-state index is 12.9. The number of benzene rings is 3. The van der Waals surface area contributed by atoms with Crippen molar-refractivity contribution in [2.75, 3.05) is 31.0 Å². The third-order valence-corrected chi connectivity index (χ3v) is 5.30. The lowest BCUT2D eigenvalue weighted by Gasteiger charge is -2.13. The molecule has 0 aliphatic heterocycles. The molecular formula is C29H28N2O7. The van der Waals surface area contributed by atoms with E-state index in [0.29, 0.717) is 42.0 Å². The van der Waals surface area contributed by atoms with Crippen LogP contribution in [-0.4, -0.2) is 44.1 Å². The highest BCUT2D eigenvalue weighted by molar-refractivity contribution is 6.09. The second kappa shape index (κ2) is 14.0. The van der Waals surface area contributed by atoms with Gasteiger partial charge in [0.2, 0.25) is 0 Å². The van der Waals surface area contributed by atoms with E-state index in [-0.39, 0.29) is 23.8 Å². The Hall–Kier alpha value is -4.92. The fourth-order valence-corrected chi connectivity index (χ4v) is 3.33. The standard InChI is InChI=1S/C29H28N2O7/c1-3-26(32)38-18-8-7-17-37-23-14-11-21(12-15-23)28(34)31-25-19-22(13-16-24(25)29(35)36-2)30-27(33)20-9-5-4-6-10-20/h3-6,9-16,19H,1,7-8,17-18H2,2H3,(H,30,33)(H,31,34). The highest BCUT2D eigenvalue weighted by Crippen LogP contribution is 2.24. The highest BCUT2D eigenvalue weighted by atomic mass is 16.5. The van der Waals surface area contributed by atoms with Crippen molar-refractivity contribution in [3.8, 4) is 5.75 Å². The second-order valence-corrected chi connectivity index (χ2v) is 7.98. The monoisotopic (exact) mass is 516 g/mol. The molecule has 0 atom stereocenters. The SMILES string of the molecule is C=CC(=O)OCCCCOc1ccc(C(=O)Nc2cc(NC(=O)c3ccccc3)ccc2C(=O)OC)cc1. The van der Waals surface area contributed by atoms with Crippen LogP contribution in [0.4, 0.5) is 11.4 Å². The maximum absolute atomic E-state index is 12.9. The number of ether oxygens (including phenoxy) is 3. The predicted octanol–water partition coefficient (Wildman–Crippen LogP) is 4.87. The van der Waals surface area contributed by atoms with Crippen molar-refractivity contribution in [1.82, 2.24) is 0 Å². The molecule has 2 amide bonds. The van der Waals surface area contributed by atoms with E-state index in [0.717, 1.165) is 6.08 Å². The van der Waals surface area contributed by atoms with Crippen LogP contribution in [0.3, 0.4) is 0 Å². The number of nitrogens with one attached hydrogen (secondary N) is 2. The van der Waals surface area contributed by atoms with Crippen molar-refractivity contribution in [3.05, 3.63) is 102 Å². The van der Waals surface area contributed by atoms with Gasteiger partial charge in [0, 0.05) is 22.9 Å². The predicted molar refractivity (Wildman–Crippen MR) is 142 cm³/mol. The normalized spacial score (nSPS) is 10.1. The van der Waals surface area contributed by atoms with Gasteiger partial charge in [-0.05, 0) is 67.4 Å². The fourth-order valence-electron chi connectivity index (χ4n) is 3.33. The summed E-state index contributed by atoms with van der Waals surface area (Å²) in [6.45, 7) is 4.04. The van der Waals surface area contributed by atoms with Crippen molar-refractivity contribution < 1.29 is 33.4 Å². The number of methoxy groups -OCH3 is 1. The molecule has 196 valence electrons. The number of hydrogen-bond donors (Lipinski definition) is 2. The number of rotatable bonds is 12.